The summed E-state index contributed by atoms with van der Waals surface area (Å²) in [5.74, 6) is 1.57. The number of nitrogens with one attached hydrogen (secondary N) is 1. The van der Waals surface area contributed by atoms with Gasteiger partial charge in [-0.05, 0) is 30.2 Å². The van der Waals surface area contributed by atoms with E-state index in [0.29, 0.717) is 18.7 Å². The molecule has 25 heavy (non-hydrogen) atoms. The van der Waals surface area contributed by atoms with Crippen LogP contribution in [0.5, 0.6) is 5.75 Å². The molecule has 0 aliphatic carbocycles. The summed E-state index contributed by atoms with van der Waals surface area (Å²) < 4.78 is 11.0. The number of fused-ring (bicyclic) bond motifs is 1. The van der Waals surface area contributed by atoms with Crippen molar-refractivity contribution in [2.24, 2.45) is 5.92 Å². The highest BCUT2D eigenvalue weighted by molar-refractivity contribution is 5.93. The van der Waals surface area contributed by atoms with Crippen LogP contribution in [0, 0.1) is 5.92 Å². The molecule has 1 atom stereocenters. The maximum atomic E-state index is 12.5. The Balaban J connectivity index is 1.38. The quantitative estimate of drug-likeness (QED) is 0.928. The molecule has 6 nitrogen and oxygen atoms in total. The molecule has 2 aliphatic heterocycles. The molecule has 0 bridgehead atoms. The fourth-order valence-corrected chi connectivity index (χ4v) is 3.18. The van der Waals surface area contributed by atoms with Crippen LogP contribution in [0.25, 0.3) is 0 Å². The number of nitrogens with zero attached hydrogens (tertiary/aromatic N) is 2. The number of ether oxygens (including phenoxy) is 2. The van der Waals surface area contributed by atoms with E-state index in [9.17, 15) is 4.79 Å². The Kier molecular flexibility index (Phi) is 4.52. The summed E-state index contributed by atoms with van der Waals surface area (Å²) >= 11 is 0. The lowest BCUT2D eigenvalue weighted by molar-refractivity contribution is -0.121. The smallest absolute Gasteiger partial charge is 0.231 e. The van der Waals surface area contributed by atoms with Gasteiger partial charge in [-0.2, -0.15) is 0 Å². The molecule has 130 valence electrons. The van der Waals surface area contributed by atoms with E-state index in [2.05, 4.69) is 15.2 Å². The normalized spacial score (nSPS) is 19.7. The van der Waals surface area contributed by atoms with Crippen molar-refractivity contribution >= 4 is 17.4 Å². The molecule has 0 spiro atoms. The van der Waals surface area contributed by atoms with Gasteiger partial charge in [-0.25, -0.2) is 4.98 Å². The second-order valence-corrected chi connectivity index (χ2v) is 6.31. The number of amides is 1. The molecule has 2 aromatic rings. The van der Waals surface area contributed by atoms with Crippen molar-refractivity contribution in [1.82, 2.24) is 4.98 Å². The summed E-state index contributed by atoms with van der Waals surface area (Å²) in [5.41, 5.74) is 1.79. The van der Waals surface area contributed by atoms with Gasteiger partial charge in [0.15, 0.2) is 0 Å². The van der Waals surface area contributed by atoms with Crippen LogP contribution in [0.2, 0.25) is 0 Å². The van der Waals surface area contributed by atoms with E-state index in [1.807, 2.05) is 36.4 Å². The summed E-state index contributed by atoms with van der Waals surface area (Å²) in [6, 6.07) is 11.7. The van der Waals surface area contributed by atoms with E-state index in [1.54, 1.807) is 6.20 Å². The molecule has 2 aliphatic rings. The van der Waals surface area contributed by atoms with Crippen molar-refractivity contribution in [3.05, 3.63) is 48.2 Å². The lowest BCUT2D eigenvalue weighted by Gasteiger charge is -2.28. The number of carbonyl (C=O) groups excluding carboxylic acids is 1. The SMILES string of the molecule is O=C(Nc1ccc(N2CCOCC2)nc1)[C@@H]1COc2ccccc2C1. The summed E-state index contributed by atoms with van der Waals surface area (Å²) in [4.78, 5) is 19.2. The highest BCUT2D eigenvalue weighted by Crippen LogP contribution is 2.27. The monoisotopic (exact) mass is 339 g/mol. The van der Waals surface area contributed by atoms with Crippen molar-refractivity contribution in [3.8, 4) is 5.75 Å². The molecular formula is C19H21N3O3. The fourth-order valence-electron chi connectivity index (χ4n) is 3.18. The van der Waals surface area contributed by atoms with Gasteiger partial charge in [-0.15, -0.1) is 0 Å². The van der Waals surface area contributed by atoms with E-state index >= 15 is 0 Å². The molecule has 0 radical (unpaired) electrons. The number of anilines is 2. The van der Waals surface area contributed by atoms with Crippen LogP contribution in [-0.4, -0.2) is 43.8 Å². The number of rotatable bonds is 3. The number of morpholine rings is 1. The Labute approximate surface area is 146 Å². The van der Waals surface area contributed by atoms with Crippen molar-refractivity contribution in [2.45, 2.75) is 6.42 Å². The summed E-state index contributed by atoms with van der Waals surface area (Å²) in [6.45, 7) is 3.55. The number of hydrogen-bond acceptors (Lipinski definition) is 5. The molecule has 1 amide bonds. The van der Waals surface area contributed by atoms with Gasteiger partial charge in [0.05, 0.1) is 31.0 Å². The largest absolute Gasteiger partial charge is 0.492 e. The topological polar surface area (TPSA) is 63.7 Å². The average Bonchev–Trinajstić information content (AvgIpc) is 2.69. The van der Waals surface area contributed by atoms with Crippen LogP contribution in [0.15, 0.2) is 42.6 Å². The predicted octanol–water partition coefficient (Wildman–Crippen LogP) is 2.11. The highest BCUT2D eigenvalue weighted by atomic mass is 16.5. The maximum absolute atomic E-state index is 12.5. The van der Waals surface area contributed by atoms with Crippen LogP contribution in [0.4, 0.5) is 11.5 Å². The summed E-state index contributed by atoms with van der Waals surface area (Å²) in [7, 11) is 0. The summed E-state index contributed by atoms with van der Waals surface area (Å²) in [6.07, 6.45) is 2.40. The Hall–Kier alpha value is -2.60. The number of aromatic nitrogens is 1. The van der Waals surface area contributed by atoms with Crippen LogP contribution in [0.3, 0.4) is 0 Å². The minimum absolute atomic E-state index is 0.0320. The van der Waals surface area contributed by atoms with Crippen LogP contribution in [0.1, 0.15) is 5.56 Å². The Morgan fingerprint density at radius 1 is 1.16 bits per heavy atom. The van der Waals surface area contributed by atoms with Gasteiger partial charge in [0.1, 0.15) is 18.2 Å². The minimum Gasteiger partial charge on any atom is -0.492 e. The van der Waals surface area contributed by atoms with Gasteiger partial charge in [-0.3, -0.25) is 4.79 Å². The molecule has 1 aromatic heterocycles. The number of para-hydroxylation sites is 1. The third-order valence-corrected chi connectivity index (χ3v) is 4.60. The standard InChI is InChI=1S/C19H21N3O3/c23-19(15-11-14-3-1-2-4-17(14)25-13-15)21-16-5-6-18(20-12-16)22-7-9-24-10-8-22/h1-6,12,15H,7-11,13H2,(H,21,23)/t15-/m0/s1. The maximum Gasteiger partial charge on any atom is 0.231 e. The molecule has 3 heterocycles. The molecule has 1 saturated heterocycles. The number of hydrogen-bond donors (Lipinski definition) is 1. The first-order chi connectivity index (χ1) is 12.3. The zero-order valence-electron chi connectivity index (χ0n) is 14.0. The van der Waals surface area contributed by atoms with Gasteiger partial charge >= 0.3 is 0 Å². The first-order valence-electron chi connectivity index (χ1n) is 8.60. The fraction of sp³-hybridized carbons (Fsp3) is 0.368. The van der Waals surface area contributed by atoms with E-state index in [0.717, 1.165) is 43.4 Å². The molecule has 4 rings (SSSR count). The average molecular weight is 339 g/mol. The van der Waals surface area contributed by atoms with E-state index in [4.69, 9.17) is 9.47 Å². The number of pyridine rings is 1. The second kappa shape index (κ2) is 7.11. The first-order valence-corrected chi connectivity index (χ1v) is 8.60. The van der Waals surface area contributed by atoms with Crippen molar-refractivity contribution in [1.29, 1.82) is 0 Å². The predicted molar refractivity (Wildman–Crippen MR) is 95.0 cm³/mol. The molecule has 0 unspecified atom stereocenters. The number of benzene rings is 1. The third kappa shape index (κ3) is 3.58. The molecule has 1 N–H and O–H groups in total. The van der Waals surface area contributed by atoms with Crippen molar-refractivity contribution in [2.75, 3.05) is 43.1 Å². The lowest BCUT2D eigenvalue weighted by atomic mass is 9.96. The second-order valence-electron chi connectivity index (χ2n) is 6.31. The van der Waals surface area contributed by atoms with Gasteiger partial charge in [-0.1, -0.05) is 18.2 Å². The van der Waals surface area contributed by atoms with Crippen LogP contribution in [-0.2, 0) is 16.0 Å². The van der Waals surface area contributed by atoms with Gasteiger partial charge in [0, 0.05) is 13.1 Å². The molecule has 1 aromatic carbocycles. The molecular weight excluding hydrogens is 318 g/mol. The molecule has 1 fully saturated rings. The molecule has 6 heteroatoms. The van der Waals surface area contributed by atoms with Gasteiger partial charge < -0.3 is 19.7 Å². The Morgan fingerprint density at radius 2 is 2.00 bits per heavy atom. The molecule has 0 saturated carbocycles. The zero-order valence-corrected chi connectivity index (χ0v) is 14.0. The zero-order chi connectivity index (χ0) is 17.1. The van der Waals surface area contributed by atoms with E-state index in [-0.39, 0.29) is 11.8 Å². The van der Waals surface area contributed by atoms with E-state index in [1.165, 1.54) is 0 Å². The van der Waals surface area contributed by atoms with Crippen LogP contribution < -0.4 is 15.0 Å². The lowest BCUT2D eigenvalue weighted by Crippen LogP contribution is -2.36. The van der Waals surface area contributed by atoms with Gasteiger partial charge in [0.2, 0.25) is 5.91 Å². The van der Waals surface area contributed by atoms with Crippen LogP contribution >= 0.6 is 0 Å². The Bertz CT molecular complexity index is 742. The highest BCUT2D eigenvalue weighted by Gasteiger charge is 2.26. The van der Waals surface area contributed by atoms with E-state index < -0.39 is 0 Å². The Morgan fingerprint density at radius 3 is 2.80 bits per heavy atom. The first kappa shape index (κ1) is 15.9. The van der Waals surface area contributed by atoms with Crippen molar-refractivity contribution < 1.29 is 14.3 Å². The third-order valence-electron chi connectivity index (χ3n) is 4.60. The van der Waals surface area contributed by atoms with Crippen molar-refractivity contribution in [3.63, 3.8) is 0 Å². The summed E-state index contributed by atoms with van der Waals surface area (Å²) in [5, 5.41) is 2.95. The minimum atomic E-state index is -0.186. The van der Waals surface area contributed by atoms with Gasteiger partial charge in [0.25, 0.3) is 0 Å². The number of carbonyl (C=O) groups is 1.